The summed E-state index contributed by atoms with van der Waals surface area (Å²) in [5, 5.41) is 8.77. The molecular weight excluding hydrogens is 350 g/mol. The van der Waals surface area contributed by atoms with Crippen molar-refractivity contribution in [1.82, 2.24) is 0 Å². The van der Waals surface area contributed by atoms with Crippen LogP contribution in [0.25, 0.3) is 0 Å². The number of hydrogen-bond donors (Lipinski definition) is 0. The number of ether oxygens (including phenoxy) is 4. The highest BCUT2D eigenvalue weighted by Gasteiger charge is 2.19. The number of nitriles is 1. The second kappa shape index (κ2) is 9.25. The quantitative estimate of drug-likeness (QED) is 0.521. The monoisotopic (exact) mass is 369 g/mol. The molecule has 0 saturated heterocycles. The van der Waals surface area contributed by atoms with E-state index in [0.717, 1.165) is 0 Å². The van der Waals surface area contributed by atoms with Crippen molar-refractivity contribution in [2.24, 2.45) is 0 Å². The first-order chi connectivity index (χ1) is 13.0. The lowest BCUT2D eigenvalue weighted by atomic mass is 10.1. The average Bonchev–Trinajstić information content (AvgIpc) is 2.71. The molecule has 0 spiro atoms. The molecule has 27 heavy (non-hydrogen) atoms. The van der Waals surface area contributed by atoms with Crippen molar-refractivity contribution in [3.8, 4) is 23.3 Å². The van der Waals surface area contributed by atoms with Crippen LogP contribution in [0.1, 0.15) is 22.8 Å². The highest BCUT2D eigenvalue weighted by atomic mass is 16.6. The zero-order chi connectivity index (χ0) is 19.8. The molecule has 0 heterocycles. The van der Waals surface area contributed by atoms with Crippen LogP contribution in [0.3, 0.4) is 0 Å². The smallest absolute Gasteiger partial charge is 0.347 e. The molecule has 140 valence electrons. The van der Waals surface area contributed by atoms with E-state index in [2.05, 4.69) is 0 Å². The van der Waals surface area contributed by atoms with Crippen molar-refractivity contribution >= 4 is 11.8 Å². The third-order valence-electron chi connectivity index (χ3n) is 3.68. The van der Waals surface area contributed by atoms with Gasteiger partial charge in [-0.1, -0.05) is 0 Å². The van der Waals surface area contributed by atoms with Gasteiger partial charge in [0.15, 0.2) is 30.0 Å². The van der Waals surface area contributed by atoms with Gasteiger partial charge in [-0.15, -0.1) is 0 Å². The van der Waals surface area contributed by atoms with Crippen molar-refractivity contribution in [2.75, 3.05) is 20.8 Å². The summed E-state index contributed by atoms with van der Waals surface area (Å²) in [4.78, 5) is 24.3. The molecule has 0 saturated carbocycles. The van der Waals surface area contributed by atoms with Crippen molar-refractivity contribution in [2.45, 2.75) is 13.0 Å². The zero-order valence-electron chi connectivity index (χ0n) is 15.2. The van der Waals surface area contributed by atoms with E-state index in [0.29, 0.717) is 28.4 Å². The fraction of sp³-hybridized carbons (Fsp3) is 0.250. The number of methoxy groups -OCH3 is 2. The van der Waals surface area contributed by atoms with Crippen molar-refractivity contribution in [3.63, 3.8) is 0 Å². The first-order valence-corrected chi connectivity index (χ1v) is 8.07. The number of benzene rings is 2. The maximum atomic E-state index is 12.2. The lowest BCUT2D eigenvalue weighted by Gasteiger charge is -2.14. The number of ketones is 1. The molecule has 0 aromatic heterocycles. The predicted octanol–water partition coefficient (Wildman–Crippen LogP) is 2.77. The largest absolute Gasteiger partial charge is 0.493 e. The molecule has 0 fully saturated rings. The molecule has 0 bridgehead atoms. The Morgan fingerprint density at radius 1 is 1.04 bits per heavy atom. The molecule has 0 aliphatic heterocycles. The van der Waals surface area contributed by atoms with Gasteiger partial charge < -0.3 is 18.9 Å². The van der Waals surface area contributed by atoms with Gasteiger partial charge in [0.05, 0.1) is 25.9 Å². The Morgan fingerprint density at radius 3 is 2.30 bits per heavy atom. The van der Waals surface area contributed by atoms with Crippen LogP contribution in [-0.2, 0) is 9.53 Å². The van der Waals surface area contributed by atoms with Gasteiger partial charge in [0.25, 0.3) is 0 Å². The SMILES string of the molecule is COc1ccc(C(=O)COC(=O)[C@@H](C)Oc2ccc(C#N)cc2)cc1OC. The summed E-state index contributed by atoms with van der Waals surface area (Å²) in [6.07, 6.45) is -0.906. The topological polar surface area (TPSA) is 94.9 Å². The highest BCUT2D eigenvalue weighted by Crippen LogP contribution is 2.27. The third kappa shape index (κ3) is 5.22. The summed E-state index contributed by atoms with van der Waals surface area (Å²) in [7, 11) is 2.96. The summed E-state index contributed by atoms with van der Waals surface area (Å²) in [6.45, 7) is 1.09. The molecule has 0 aliphatic rings. The first kappa shape index (κ1) is 19.8. The van der Waals surface area contributed by atoms with Gasteiger partial charge in [0, 0.05) is 5.56 Å². The molecule has 2 aromatic rings. The fourth-order valence-corrected chi connectivity index (χ4v) is 2.21. The predicted molar refractivity (Wildman–Crippen MR) is 96.1 cm³/mol. The second-order valence-corrected chi connectivity index (χ2v) is 5.50. The molecule has 7 heteroatoms. The molecule has 0 amide bonds. The summed E-state index contributed by atoms with van der Waals surface area (Å²) >= 11 is 0. The van der Waals surface area contributed by atoms with E-state index in [-0.39, 0.29) is 5.78 Å². The van der Waals surface area contributed by atoms with E-state index in [1.165, 1.54) is 27.2 Å². The lowest BCUT2D eigenvalue weighted by molar-refractivity contribution is -0.149. The van der Waals surface area contributed by atoms with Gasteiger partial charge in [-0.05, 0) is 49.4 Å². The van der Waals surface area contributed by atoms with Gasteiger partial charge >= 0.3 is 5.97 Å². The summed E-state index contributed by atoms with van der Waals surface area (Å²) in [6, 6.07) is 13.0. The van der Waals surface area contributed by atoms with E-state index < -0.39 is 18.7 Å². The molecule has 7 nitrogen and oxygen atoms in total. The van der Waals surface area contributed by atoms with Crippen molar-refractivity contribution in [1.29, 1.82) is 5.26 Å². The molecule has 1 atom stereocenters. The first-order valence-electron chi connectivity index (χ1n) is 8.07. The van der Waals surface area contributed by atoms with Gasteiger partial charge in [-0.3, -0.25) is 4.79 Å². The van der Waals surface area contributed by atoms with Crippen LogP contribution < -0.4 is 14.2 Å². The Bertz CT molecular complexity index is 854. The van der Waals surface area contributed by atoms with Crippen molar-refractivity contribution in [3.05, 3.63) is 53.6 Å². The minimum atomic E-state index is -0.906. The van der Waals surface area contributed by atoms with Gasteiger partial charge in [-0.2, -0.15) is 5.26 Å². The minimum absolute atomic E-state index is 0.334. The van der Waals surface area contributed by atoms with Crippen LogP contribution in [0.5, 0.6) is 17.2 Å². The van der Waals surface area contributed by atoms with Crippen LogP contribution in [0.2, 0.25) is 0 Å². The molecule has 0 unspecified atom stereocenters. The lowest BCUT2D eigenvalue weighted by Crippen LogP contribution is -2.28. The van der Waals surface area contributed by atoms with E-state index in [4.69, 9.17) is 24.2 Å². The molecule has 0 aliphatic carbocycles. The molecule has 0 radical (unpaired) electrons. The van der Waals surface area contributed by atoms with Gasteiger partial charge in [-0.25, -0.2) is 4.79 Å². The Hall–Kier alpha value is -3.53. The number of carbonyl (C=O) groups excluding carboxylic acids is 2. The number of Topliss-reactive ketones (excluding diaryl/α,β-unsaturated/α-hetero) is 1. The minimum Gasteiger partial charge on any atom is -0.493 e. The maximum Gasteiger partial charge on any atom is 0.347 e. The summed E-state index contributed by atoms with van der Waals surface area (Å²) in [5.74, 6) is 0.274. The van der Waals surface area contributed by atoms with Crippen molar-refractivity contribution < 1.29 is 28.5 Å². The Morgan fingerprint density at radius 2 is 1.70 bits per heavy atom. The van der Waals surface area contributed by atoms with Crippen LogP contribution >= 0.6 is 0 Å². The second-order valence-electron chi connectivity index (χ2n) is 5.50. The Kier molecular flexibility index (Phi) is 6.78. The van der Waals surface area contributed by atoms with E-state index >= 15 is 0 Å². The average molecular weight is 369 g/mol. The van der Waals surface area contributed by atoms with Crippen LogP contribution in [0.15, 0.2) is 42.5 Å². The molecular formula is C20H19NO6. The summed E-state index contributed by atoms with van der Waals surface area (Å²) in [5.41, 5.74) is 0.819. The van der Waals surface area contributed by atoms with Gasteiger partial charge in [0.2, 0.25) is 0 Å². The van der Waals surface area contributed by atoms with Gasteiger partial charge in [0.1, 0.15) is 5.75 Å². The van der Waals surface area contributed by atoms with Crippen LogP contribution in [-0.4, -0.2) is 38.7 Å². The third-order valence-corrected chi connectivity index (χ3v) is 3.68. The van der Waals surface area contributed by atoms with Crippen LogP contribution in [0.4, 0.5) is 0 Å². The number of rotatable bonds is 8. The summed E-state index contributed by atoms with van der Waals surface area (Å²) < 4.78 is 20.7. The van der Waals surface area contributed by atoms with E-state index in [1.807, 2.05) is 6.07 Å². The fourth-order valence-electron chi connectivity index (χ4n) is 2.21. The highest BCUT2D eigenvalue weighted by molar-refractivity contribution is 5.98. The standard InChI is InChI=1S/C20H19NO6/c1-13(27-16-7-4-14(11-21)5-8-16)20(23)26-12-17(22)15-6-9-18(24-2)19(10-15)25-3/h4-10,13H,12H2,1-3H3/t13-/m1/s1. The van der Waals surface area contributed by atoms with E-state index in [9.17, 15) is 9.59 Å². The zero-order valence-corrected chi connectivity index (χ0v) is 15.2. The number of esters is 1. The number of hydrogen-bond acceptors (Lipinski definition) is 7. The van der Waals surface area contributed by atoms with Crippen LogP contribution in [0, 0.1) is 11.3 Å². The Labute approximate surface area is 157 Å². The molecule has 2 aromatic carbocycles. The molecule has 2 rings (SSSR count). The molecule has 0 N–H and O–H groups in total. The normalized spacial score (nSPS) is 11.0. The maximum absolute atomic E-state index is 12.2. The Balaban J connectivity index is 1.91. The van der Waals surface area contributed by atoms with E-state index in [1.54, 1.807) is 36.4 Å². The number of nitrogens with zero attached hydrogens (tertiary/aromatic N) is 1. The number of carbonyl (C=O) groups is 2.